The Morgan fingerprint density at radius 1 is 0.593 bits per heavy atom. The Kier molecular flexibility index (Phi) is 41.1. The quantitative estimate of drug-likeness (QED) is 0.0208. The smallest absolute Gasteiger partial charge is 0.268 e. The van der Waals surface area contributed by atoms with Crippen LogP contribution in [0.4, 0.5) is 0 Å². The number of quaternary nitrogens is 1. The lowest BCUT2D eigenvalue weighted by molar-refractivity contribution is -0.870. The molecule has 0 fully saturated rings. The Balaban J connectivity index is 4.34. The number of carbonyl (C=O) groups excluding carboxylic acids is 1. The topological polar surface area (TPSA) is 108 Å². The van der Waals surface area contributed by atoms with Crippen LogP contribution < -0.4 is 10.2 Å². The maximum atomic E-state index is 12.9. The van der Waals surface area contributed by atoms with Gasteiger partial charge in [0.1, 0.15) is 13.2 Å². The van der Waals surface area contributed by atoms with Crippen molar-refractivity contribution in [2.45, 2.75) is 238 Å². The molecule has 3 unspecified atom stereocenters. The summed E-state index contributed by atoms with van der Waals surface area (Å²) in [7, 11) is 1.26. The van der Waals surface area contributed by atoms with E-state index in [4.69, 9.17) is 9.05 Å². The fourth-order valence-electron chi connectivity index (χ4n) is 7.14. The van der Waals surface area contributed by atoms with Gasteiger partial charge in [0, 0.05) is 6.42 Å². The van der Waals surface area contributed by atoms with Gasteiger partial charge in [0.2, 0.25) is 5.91 Å². The number of phosphoric ester groups is 1. The van der Waals surface area contributed by atoms with Gasteiger partial charge in [-0.15, -0.1) is 0 Å². The molecule has 0 bridgehead atoms. The first-order chi connectivity index (χ1) is 28.5. The summed E-state index contributed by atoms with van der Waals surface area (Å²) in [5.41, 5.74) is 0. The standard InChI is InChI=1S/C50H97N2O6P/c1-6-8-10-12-14-16-18-20-22-24-26-28-30-32-34-36-38-40-42-44-50(54)51-48(47-58-59(55,56)57-46-45-52(3,4)5)49(53)43-41-39-37-35-33-31-29-27-25-23-21-19-17-15-13-11-9-7-2/h14,16,18,20,41,43,48-49,53H,6-13,15,17,19,21-40,42,44-47H2,1-5H3,(H-,51,54,55,56)/b16-14-,20-18-,43-41+. The van der Waals surface area contributed by atoms with Crippen molar-refractivity contribution in [3.63, 3.8) is 0 Å². The van der Waals surface area contributed by atoms with Gasteiger partial charge in [0.05, 0.1) is 39.9 Å². The zero-order valence-corrected chi connectivity index (χ0v) is 40.4. The van der Waals surface area contributed by atoms with Crippen molar-refractivity contribution < 1.29 is 32.9 Å². The predicted molar refractivity (Wildman–Crippen MR) is 251 cm³/mol. The van der Waals surface area contributed by atoms with E-state index in [2.05, 4.69) is 43.5 Å². The van der Waals surface area contributed by atoms with Crippen LogP contribution >= 0.6 is 7.82 Å². The number of phosphoric acid groups is 1. The Labute approximate surface area is 366 Å². The lowest BCUT2D eigenvalue weighted by Crippen LogP contribution is -2.45. The second-order valence-corrected chi connectivity index (χ2v) is 19.6. The number of nitrogens with one attached hydrogen (secondary N) is 1. The molecule has 0 aliphatic carbocycles. The molecule has 3 atom stereocenters. The van der Waals surface area contributed by atoms with E-state index in [9.17, 15) is 19.4 Å². The SMILES string of the molecule is CCCCC/C=C\C=C/CCCCCCCCCCCCC(=O)NC(COP(=O)([O-])OCC[N+](C)(C)C)C(O)/C=C/CCCCCCCCCCCCCCCCCC. The molecule has 0 aromatic heterocycles. The zero-order chi connectivity index (χ0) is 43.6. The van der Waals surface area contributed by atoms with Crippen molar-refractivity contribution in [3.8, 4) is 0 Å². The van der Waals surface area contributed by atoms with Gasteiger partial charge in [-0.05, 0) is 44.9 Å². The van der Waals surface area contributed by atoms with E-state index in [1.165, 1.54) is 167 Å². The number of aliphatic hydroxyl groups excluding tert-OH is 1. The van der Waals surface area contributed by atoms with E-state index in [-0.39, 0.29) is 19.1 Å². The maximum absolute atomic E-state index is 12.9. The van der Waals surface area contributed by atoms with E-state index in [0.29, 0.717) is 17.4 Å². The molecule has 9 heteroatoms. The molecule has 348 valence electrons. The van der Waals surface area contributed by atoms with Gasteiger partial charge >= 0.3 is 0 Å². The number of amides is 1. The van der Waals surface area contributed by atoms with Crippen LogP contribution in [-0.4, -0.2) is 68.5 Å². The molecule has 0 spiro atoms. The average Bonchev–Trinajstić information content (AvgIpc) is 3.19. The van der Waals surface area contributed by atoms with E-state index < -0.39 is 20.0 Å². The molecule has 0 aliphatic heterocycles. The molecule has 0 saturated heterocycles. The van der Waals surface area contributed by atoms with Crippen LogP contribution in [0, 0.1) is 0 Å². The Hall–Kier alpha value is -1.28. The van der Waals surface area contributed by atoms with Crippen molar-refractivity contribution in [1.29, 1.82) is 0 Å². The van der Waals surface area contributed by atoms with Gasteiger partial charge in [0.15, 0.2) is 0 Å². The number of allylic oxidation sites excluding steroid dienone is 5. The second-order valence-electron chi connectivity index (χ2n) is 18.2. The number of hydrogen-bond acceptors (Lipinski definition) is 6. The number of rotatable bonds is 45. The first-order valence-corrected chi connectivity index (χ1v) is 26.3. The van der Waals surface area contributed by atoms with Crippen molar-refractivity contribution in [2.75, 3.05) is 40.9 Å². The lowest BCUT2D eigenvalue weighted by atomic mass is 10.0. The van der Waals surface area contributed by atoms with E-state index in [1.807, 2.05) is 27.2 Å². The molecule has 0 radical (unpaired) electrons. The van der Waals surface area contributed by atoms with Crippen LogP contribution in [0.5, 0.6) is 0 Å². The van der Waals surface area contributed by atoms with Crippen LogP contribution in [0.15, 0.2) is 36.5 Å². The van der Waals surface area contributed by atoms with Crippen LogP contribution in [0.25, 0.3) is 0 Å². The van der Waals surface area contributed by atoms with Crippen molar-refractivity contribution in [1.82, 2.24) is 5.32 Å². The predicted octanol–water partition coefficient (Wildman–Crippen LogP) is 13.6. The lowest BCUT2D eigenvalue weighted by Gasteiger charge is -2.29. The summed E-state index contributed by atoms with van der Waals surface area (Å²) in [5, 5.41) is 13.8. The van der Waals surface area contributed by atoms with Crippen LogP contribution in [0.1, 0.15) is 226 Å². The van der Waals surface area contributed by atoms with Gasteiger partial charge in [0.25, 0.3) is 7.82 Å². The summed E-state index contributed by atoms with van der Waals surface area (Å²) in [6.07, 6.45) is 51.9. The molecule has 0 aromatic carbocycles. The van der Waals surface area contributed by atoms with Crippen molar-refractivity contribution in [3.05, 3.63) is 36.5 Å². The summed E-state index contributed by atoms with van der Waals surface area (Å²) in [6, 6.07) is -0.887. The molecule has 0 rings (SSSR count). The fraction of sp³-hybridized carbons (Fsp3) is 0.860. The zero-order valence-electron chi connectivity index (χ0n) is 39.5. The minimum Gasteiger partial charge on any atom is -0.756 e. The van der Waals surface area contributed by atoms with Crippen molar-refractivity contribution in [2.24, 2.45) is 0 Å². The Morgan fingerprint density at radius 3 is 1.41 bits per heavy atom. The maximum Gasteiger partial charge on any atom is 0.268 e. The summed E-state index contributed by atoms with van der Waals surface area (Å²) >= 11 is 0. The first-order valence-electron chi connectivity index (χ1n) is 24.9. The first kappa shape index (κ1) is 57.7. The minimum absolute atomic E-state index is 0.00153. The molecule has 8 nitrogen and oxygen atoms in total. The Morgan fingerprint density at radius 2 is 0.966 bits per heavy atom. The molecule has 0 heterocycles. The van der Waals surface area contributed by atoms with Crippen LogP contribution in [-0.2, 0) is 18.4 Å². The largest absolute Gasteiger partial charge is 0.756 e. The molecular formula is C50H97N2O6P. The fourth-order valence-corrected chi connectivity index (χ4v) is 7.87. The highest BCUT2D eigenvalue weighted by molar-refractivity contribution is 7.45. The monoisotopic (exact) mass is 853 g/mol. The Bertz CT molecular complexity index is 1060. The second kappa shape index (κ2) is 42.0. The molecule has 1 amide bonds. The van der Waals surface area contributed by atoms with Gasteiger partial charge < -0.3 is 28.8 Å². The van der Waals surface area contributed by atoms with Gasteiger partial charge in [-0.1, -0.05) is 211 Å². The third-order valence-corrected chi connectivity index (χ3v) is 12.1. The van der Waals surface area contributed by atoms with E-state index >= 15 is 0 Å². The molecule has 59 heavy (non-hydrogen) atoms. The molecular weight excluding hydrogens is 756 g/mol. The summed E-state index contributed by atoms with van der Waals surface area (Å²) in [6.45, 7) is 4.63. The van der Waals surface area contributed by atoms with E-state index in [1.54, 1.807) is 6.08 Å². The number of carbonyl (C=O) groups is 1. The van der Waals surface area contributed by atoms with Gasteiger partial charge in [-0.25, -0.2) is 0 Å². The van der Waals surface area contributed by atoms with Crippen molar-refractivity contribution >= 4 is 13.7 Å². The number of hydrogen-bond donors (Lipinski definition) is 2. The van der Waals surface area contributed by atoms with Crippen LogP contribution in [0.2, 0.25) is 0 Å². The highest BCUT2D eigenvalue weighted by Crippen LogP contribution is 2.38. The third-order valence-electron chi connectivity index (χ3n) is 11.1. The highest BCUT2D eigenvalue weighted by atomic mass is 31.2. The molecule has 0 aliphatic rings. The molecule has 2 N–H and O–H groups in total. The van der Waals surface area contributed by atoms with E-state index in [0.717, 1.165) is 38.5 Å². The number of likely N-dealkylation sites (N-methyl/N-ethyl adjacent to an activating group) is 1. The molecule has 0 saturated carbocycles. The van der Waals surface area contributed by atoms with Crippen LogP contribution in [0.3, 0.4) is 0 Å². The number of nitrogens with zero attached hydrogens (tertiary/aromatic N) is 1. The number of aliphatic hydroxyl groups is 1. The third kappa shape index (κ3) is 44.6. The normalized spacial score (nSPS) is 14.5. The summed E-state index contributed by atoms with van der Waals surface area (Å²) in [5.74, 6) is -0.201. The van der Waals surface area contributed by atoms with Gasteiger partial charge in [-0.2, -0.15) is 0 Å². The molecule has 0 aromatic rings. The number of unbranched alkanes of at least 4 members (excludes halogenated alkanes) is 29. The highest BCUT2D eigenvalue weighted by Gasteiger charge is 2.23. The average molecular weight is 853 g/mol. The minimum atomic E-state index is -4.59. The summed E-state index contributed by atoms with van der Waals surface area (Å²) in [4.78, 5) is 25.4. The van der Waals surface area contributed by atoms with Gasteiger partial charge in [-0.3, -0.25) is 9.36 Å². The summed E-state index contributed by atoms with van der Waals surface area (Å²) < 4.78 is 23.3.